The summed E-state index contributed by atoms with van der Waals surface area (Å²) in [5, 5.41) is 1.12. The van der Waals surface area contributed by atoms with Gasteiger partial charge in [-0.25, -0.2) is 9.97 Å². The molecule has 0 saturated heterocycles. The molecule has 0 aliphatic heterocycles. The summed E-state index contributed by atoms with van der Waals surface area (Å²) < 4.78 is 2.02. The van der Waals surface area contributed by atoms with E-state index in [9.17, 15) is 4.79 Å². The fourth-order valence-electron chi connectivity index (χ4n) is 3.42. The lowest BCUT2D eigenvalue weighted by atomic mass is 10.1. The third kappa shape index (κ3) is 2.70. The number of fused-ring (bicyclic) bond motifs is 5. The normalized spacial score (nSPS) is 12.6. The maximum absolute atomic E-state index is 12.3. The van der Waals surface area contributed by atoms with Crippen LogP contribution in [-0.4, -0.2) is 20.3 Å². The maximum Gasteiger partial charge on any atom is 0.235 e. The molecule has 0 aliphatic carbocycles. The Bertz CT molecular complexity index is 1330. The van der Waals surface area contributed by atoms with E-state index in [2.05, 4.69) is 0 Å². The van der Waals surface area contributed by atoms with Gasteiger partial charge in [0.05, 0.1) is 16.6 Å². The van der Waals surface area contributed by atoms with Gasteiger partial charge in [-0.1, -0.05) is 66.4 Å². The van der Waals surface area contributed by atoms with Crippen molar-refractivity contribution in [2.75, 3.05) is 0 Å². The molecular weight excluding hydrogens is 368 g/mol. The fraction of sp³-hybridized carbons (Fsp3) is 0.0455. The Morgan fingerprint density at radius 3 is 2.32 bits per heavy atom. The summed E-state index contributed by atoms with van der Waals surface area (Å²) in [6.07, 6.45) is 0. The minimum absolute atomic E-state index is 0.399. The number of hydrogen-bond acceptors (Lipinski definition) is 4. The van der Waals surface area contributed by atoms with E-state index >= 15 is 0 Å². The van der Waals surface area contributed by atoms with Crippen LogP contribution in [0.5, 0.6) is 0 Å². The molecule has 5 aromatic rings. The Hall–Kier alpha value is -3.38. The Balaban J connectivity index is 1.79. The molecule has 0 spiro atoms. The molecule has 2 aromatic heterocycles. The van der Waals surface area contributed by atoms with Crippen molar-refractivity contribution >= 4 is 45.3 Å². The number of aromatic nitrogens is 3. The highest BCUT2D eigenvalue weighted by Crippen LogP contribution is 2.37. The number of carbonyl (C=O) groups excluding carboxylic acids is 1. The lowest BCUT2D eigenvalue weighted by Gasteiger charge is -2.15. The van der Waals surface area contributed by atoms with Gasteiger partial charge < -0.3 is 5.73 Å². The summed E-state index contributed by atoms with van der Waals surface area (Å²) in [6.45, 7) is 0. The first kappa shape index (κ1) is 16.8. The van der Waals surface area contributed by atoms with Gasteiger partial charge in [-0.3, -0.25) is 9.20 Å². The highest BCUT2D eigenvalue weighted by Gasteiger charge is 2.23. The maximum atomic E-state index is 12.3. The second-order valence-electron chi connectivity index (χ2n) is 6.48. The lowest BCUT2D eigenvalue weighted by molar-refractivity contribution is -0.117. The molecule has 6 heteroatoms. The summed E-state index contributed by atoms with van der Waals surface area (Å²) in [4.78, 5) is 21.9. The van der Waals surface area contributed by atoms with Gasteiger partial charge in [0.2, 0.25) is 5.91 Å². The molecule has 2 N–H and O–H groups in total. The van der Waals surface area contributed by atoms with Crippen LogP contribution in [0.3, 0.4) is 0 Å². The van der Waals surface area contributed by atoms with Crippen molar-refractivity contribution in [1.29, 1.82) is 0 Å². The van der Waals surface area contributed by atoms with E-state index < -0.39 is 11.2 Å². The van der Waals surface area contributed by atoms with E-state index in [-0.39, 0.29) is 0 Å². The molecule has 5 nitrogen and oxygen atoms in total. The van der Waals surface area contributed by atoms with Crippen molar-refractivity contribution in [3.63, 3.8) is 0 Å². The zero-order valence-electron chi connectivity index (χ0n) is 14.8. The van der Waals surface area contributed by atoms with Gasteiger partial charge in [-0.05, 0) is 29.8 Å². The van der Waals surface area contributed by atoms with Gasteiger partial charge >= 0.3 is 0 Å². The fourth-order valence-corrected chi connectivity index (χ4v) is 4.48. The highest BCUT2D eigenvalue weighted by atomic mass is 32.2. The molecule has 136 valence electrons. The van der Waals surface area contributed by atoms with E-state index in [1.807, 2.05) is 83.3 Å². The van der Waals surface area contributed by atoms with Crippen LogP contribution in [0.25, 0.3) is 27.6 Å². The first-order valence-electron chi connectivity index (χ1n) is 8.89. The van der Waals surface area contributed by atoms with E-state index in [4.69, 9.17) is 15.7 Å². The number of hydrogen-bond donors (Lipinski definition) is 1. The van der Waals surface area contributed by atoms with Crippen molar-refractivity contribution in [3.05, 3.63) is 84.4 Å². The number of nitrogens with zero attached hydrogens (tertiary/aromatic N) is 3. The third-order valence-corrected chi connectivity index (χ3v) is 5.92. The second kappa shape index (κ2) is 6.65. The van der Waals surface area contributed by atoms with Crippen molar-refractivity contribution in [2.24, 2.45) is 5.73 Å². The van der Waals surface area contributed by atoms with E-state index in [0.29, 0.717) is 5.16 Å². The zero-order valence-corrected chi connectivity index (χ0v) is 15.6. The van der Waals surface area contributed by atoms with E-state index in [1.165, 1.54) is 11.8 Å². The molecular formula is C22H16N4OS. The van der Waals surface area contributed by atoms with Crippen LogP contribution >= 0.6 is 11.8 Å². The van der Waals surface area contributed by atoms with Gasteiger partial charge in [0, 0.05) is 5.39 Å². The molecule has 0 aliphatic rings. The Morgan fingerprint density at radius 2 is 1.54 bits per heavy atom. The SMILES string of the molecule is NC(=O)C(Sc1nc2ccccc2c2nc3ccccc3n12)c1ccccc1. The van der Waals surface area contributed by atoms with Crippen LogP contribution in [0.1, 0.15) is 10.8 Å². The minimum Gasteiger partial charge on any atom is -0.368 e. The van der Waals surface area contributed by atoms with Crippen molar-refractivity contribution in [1.82, 2.24) is 14.4 Å². The molecule has 0 saturated carbocycles. The smallest absolute Gasteiger partial charge is 0.235 e. The summed E-state index contributed by atoms with van der Waals surface area (Å²) in [5.74, 6) is -0.399. The Kier molecular flexibility index (Phi) is 3.98. The number of amides is 1. The molecule has 0 bridgehead atoms. The summed E-state index contributed by atoms with van der Waals surface area (Å²) in [5.41, 5.74) is 10.1. The molecule has 28 heavy (non-hydrogen) atoms. The predicted octanol–water partition coefficient (Wildman–Crippen LogP) is 4.35. The van der Waals surface area contributed by atoms with Crippen molar-refractivity contribution in [2.45, 2.75) is 10.4 Å². The van der Waals surface area contributed by atoms with Crippen LogP contribution < -0.4 is 5.73 Å². The molecule has 2 heterocycles. The standard InChI is InChI=1S/C22H16N4OS/c23-20(27)19(14-8-2-1-3-9-14)28-22-25-16-11-5-4-10-15(16)21-24-17-12-6-7-13-18(17)26(21)22/h1-13,19H,(H2,23,27). The van der Waals surface area contributed by atoms with Crippen LogP contribution in [0.2, 0.25) is 0 Å². The van der Waals surface area contributed by atoms with E-state index in [0.717, 1.165) is 33.1 Å². The quantitative estimate of drug-likeness (QED) is 0.369. The van der Waals surface area contributed by atoms with Gasteiger partial charge in [0.25, 0.3) is 0 Å². The zero-order chi connectivity index (χ0) is 19.1. The third-order valence-electron chi connectivity index (χ3n) is 4.70. The Morgan fingerprint density at radius 1 is 0.857 bits per heavy atom. The lowest BCUT2D eigenvalue weighted by Crippen LogP contribution is -2.19. The van der Waals surface area contributed by atoms with Gasteiger partial charge in [0.1, 0.15) is 10.9 Å². The molecule has 0 radical (unpaired) electrons. The first-order valence-corrected chi connectivity index (χ1v) is 9.77. The highest BCUT2D eigenvalue weighted by molar-refractivity contribution is 8.00. The number of imidazole rings is 1. The van der Waals surface area contributed by atoms with Gasteiger partial charge in [-0.2, -0.15) is 0 Å². The Labute approximate surface area is 165 Å². The van der Waals surface area contributed by atoms with Crippen molar-refractivity contribution < 1.29 is 4.79 Å². The van der Waals surface area contributed by atoms with Crippen LogP contribution in [0.4, 0.5) is 0 Å². The molecule has 5 rings (SSSR count). The molecule has 1 unspecified atom stereocenters. The van der Waals surface area contributed by atoms with Crippen molar-refractivity contribution in [3.8, 4) is 0 Å². The number of nitrogens with two attached hydrogens (primary N) is 1. The summed E-state index contributed by atoms with van der Waals surface area (Å²) in [7, 11) is 0. The number of rotatable bonds is 4. The topological polar surface area (TPSA) is 73.3 Å². The first-order chi connectivity index (χ1) is 13.7. The molecule has 1 amide bonds. The van der Waals surface area contributed by atoms with E-state index in [1.54, 1.807) is 0 Å². The van der Waals surface area contributed by atoms with Gasteiger partial charge in [0.15, 0.2) is 5.16 Å². The van der Waals surface area contributed by atoms with Crippen LogP contribution in [0, 0.1) is 0 Å². The number of primary amides is 1. The number of thioether (sulfide) groups is 1. The average molecular weight is 384 g/mol. The molecule has 1 atom stereocenters. The number of para-hydroxylation sites is 3. The summed E-state index contributed by atoms with van der Waals surface area (Å²) in [6, 6.07) is 25.4. The van der Waals surface area contributed by atoms with Gasteiger partial charge in [-0.15, -0.1) is 0 Å². The summed E-state index contributed by atoms with van der Waals surface area (Å²) >= 11 is 1.35. The average Bonchev–Trinajstić information content (AvgIpc) is 3.12. The molecule has 0 fully saturated rings. The molecule has 3 aromatic carbocycles. The van der Waals surface area contributed by atoms with Crippen LogP contribution in [0.15, 0.2) is 84.0 Å². The second-order valence-corrected chi connectivity index (χ2v) is 7.55. The van der Waals surface area contributed by atoms with Crippen LogP contribution in [-0.2, 0) is 4.79 Å². The number of carbonyl (C=O) groups is 1. The number of benzene rings is 3. The largest absolute Gasteiger partial charge is 0.368 e. The predicted molar refractivity (Wildman–Crippen MR) is 112 cm³/mol. The monoisotopic (exact) mass is 384 g/mol. The minimum atomic E-state index is -0.542.